The molecule has 1 aromatic carbocycles. The van der Waals surface area contributed by atoms with Gasteiger partial charge in [0.1, 0.15) is 4.88 Å². The van der Waals surface area contributed by atoms with Crippen molar-refractivity contribution in [3.63, 3.8) is 0 Å². The van der Waals surface area contributed by atoms with Crippen LogP contribution >= 0.6 is 27.3 Å². The van der Waals surface area contributed by atoms with Crippen LogP contribution < -0.4 is 0 Å². The standard InChI is InChI=1S/C10H7BrO2S/c1-5-2-3-7(11)6-4-8(10(12)13)14-9(5)6/h2-4H,1H3,(H,12,13). The van der Waals surface area contributed by atoms with Crippen LogP contribution in [-0.2, 0) is 0 Å². The predicted octanol–water partition coefficient (Wildman–Crippen LogP) is 3.67. The van der Waals surface area contributed by atoms with Crippen LogP contribution in [0.15, 0.2) is 22.7 Å². The van der Waals surface area contributed by atoms with Gasteiger partial charge in [-0.25, -0.2) is 4.79 Å². The van der Waals surface area contributed by atoms with Crippen LogP contribution in [0.3, 0.4) is 0 Å². The number of carboxylic acids is 1. The Morgan fingerprint density at radius 1 is 1.50 bits per heavy atom. The molecule has 0 saturated heterocycles. The summed E-state index contributed by atoms with van der Waals surface area (Å²) in [5.74, 6) is -0.863. The first-order valence-corrected chi connectivity index (χ1v) is 5.62. The van der Waals surface area contributed by atoms with E-state index in [1.165, 1.54) is 11.3 Å². The van der Waals surface area contributed by atoms with Gasteiger partial charge >= 0.3 is 5.97 Å². The summed E-state index contributed by atoms with van der Waals surface area (Å²) in [5, 5.41) is 9.84. The summed E-state index contributed by atoms with van der Waals surface area (Å²) < 4.78 is 1.98. The number of aryl methyl sites for hydroxylation is 1. The molecule has 0 radical (unpaired) electrons. The minimum atomic E-state index is -0.863. The fraction of sp³-hybridized carbons (Fsp3) is 0.100. The van der Waals surface area contributed by atoms with Crippen LogP contribution in [0.2, 0.25) is 0 Å². The van der Waals surface area contributed by atoms with Gasteiger partial charge in [-0.3, -0.25) is 0 Å². The Morgan fingerprint density at radius 2 is 2.21 bits per heavy atom. The Kier molecular flexibility index (Phi) is 2.33. The molecule has 0 unspecified atom stereocenters. The molecule has 1 N–H and O–H groups in total. The molecule has 0 fully saturated rings. The summed E-state index contributed by atoms with van der Waals surface area (Å²) in [4.78, 5) is 11.2. The van der Waals surface area contributed by atoms with E-state index in [0.717, 1.165) is 20.1 Å². The fourth-order valence-electron chi connectivity index (χ4n) is 1.33. The van der Waals surface area contributed by atoms with Crippen molar-refractivity contribution in [1.82, 2.24) is 0 Å². The zero-order chi connectivity index (χ0) is 10.3. The molecule has 0 saturated carbocycles. The van der Waals surface area contributed by atoms with Gasteiger partial charge in [0, 0.05) is 14.6 Å². The highest BCUT2D eigenvalue weighted by atomic mass is 79.9. The van der Waals surface area contributed by atoms with Gasteiger partial charge in [-0.2, -0.15) is 0 Å². The predicted molar refractivity (Wildman–Crippen MR) is 61.2 cm³/mol. The van der Waals surface area contributed by atoms with Gasteiger partial charge in [-0.15, -0.1) is 11.3 Å². The fourth-order valence-corrected chi connectivity index (χ4v) is 2.90. The van der Waals surface area contributed by atoms with Crippen LogP contribution in [-0.4, -0.2) is 11.1 Å². The van der Waals surface area contributed by atoms with Crippen molar-refractivity contribution < 1.29 is 9.90 Å². The second-order valence-corrected chi connectivity index (χ2v) is 4.93. The lowest BCUT2D eigenvalue weighted by atomic mass is 10.2. The average Bonchev–Trinajstić information content (AvgIpc) is 2.57. The summed E-state index contributed by atoms with van der Waals surface area (Å²) in [7, 11) is 0. The number of benzene rings is 1. The second kappa shape index (κ2) is 3.37. The van der Waals surface area contributed by atoms with E-state index in [9.17, 15) is 4.79 Å². The number of halogens is 1. The van der Waals surface area contributed by atoms with Crippen molar-refractivity contribution >= 4 is 43.3 Å². The van der Waals surface area contributed by atoms with E-state index in [-0.39, 0.29) is 0 Å². The molecule has 72 valence electrons. The number of fused-ring (bicyclic) bond motifs is 1. The smallest absolute Gasteiger partial charge is 0.345 e. The van der Waals surface area contributed by atoms with E-state index in [2.05, 4.69) is 15.9 Å². The van der Waals surface area contributed by atoms with Gasteiger partial charge in [0.05, 0.1) is 0 Å². The molecule has 2 nitrogen and oxygen atoms in total. The highest BCUT2D eigenvalue weighted by molar-refractivity contribution is 9.10. The summed E-state index contributed by atoms with van der Waals surface area (Å²) in [5.41, 5.74) is 1.11. The van der Waals surface area contributed by atoms with Crippen molar-refractivity contribution in [3.05, 3.63) is 33.1 Å². The number of carbonyl (C=O) groups is 1. The van der Waals surface area contributed by atoms with Crippen molar-refractivity contribution in [2.24, 2.45) is 0 Å². The van der Waals surface area contributed by atoms with Gasteiger partial charge in [-0.05, 0) is 24.6 Å². The van der Waals surface area contributed by atoms with Gasteiger partial charge in [0.2, 0.25) is 0 Å². The van der Waals surface area contributed by atoms with E-state index >= 15 is 0 Å². The third kappa shape index (κ3) is 1.44. The molecule has 0 aliphatic carbocycles. The number of rotatable bonds is 1. The summed E-state index contributed by atoms with van der Waals surface area (Å²) in [6, 6.07) is 5.63. The van der Waals surface area contributed by atoms with E-state index in [1.807, 2.05) is 19.1 Å². The van der Waals surface area contributed by atoms with E-state index in [4.69, 9.17) is 5.11 Å². The highest BCUT2D eigenvalue weighted by Crippen LogP contribution is 2.33. The summed E-state index contributed by atoms with van der Waals surface area (Å²) in [6.07, 6.45) is 0. The lowest BCUT2D eigenvalue weighted by Crippen LogP contribution is -1.89. The van der Waals surface area contributed by atoms with Gasteiger partial charge in [0.25, 0.3) is 0 Å². The third-order valence-electron chi connectivity index (χ3n) is 2.04. The molecule has 0 aliphatic heterocycles. The number of hydrogen-bond acceptors (Lipinski definition) is 2. The number of thiophene rings is 1. The first kappa shape index (κ1) is 9.68. The molecular weight excluding hydrogens is 264 g/mol. The molecule has 2 aromatic rings. The van der Waals surface area contributed by atoms with Gasteiger partial charge in [0.15, 0.2) is 0 Å². The molecule has 0 bridgehead atoms. The minimum Gasteiger partial charge on any atom is -0.477 e. The number of aromatic carboxylic acids is 1. The van der Waals surface area contributed by atoms with E-state index in [0.29, 0.717) is 4.88 Å². The van der Waals surface area contributed by atoms with Crippen LogP contribution in [0.25, 0.3) is 10.1 Å². The first-order chi connectivity index (χ1) is 6.59. The quantitative estimate of drug-likeness (QED) is 0.859. The van der Waals surface area contributed by atoms with Crippen LogP contribution in [0.1, 0.15) is 15.2 Å². The molecule has 1 aromatic heterocycles. The lowest BCUT2D eigenvalue weighted by molar-refractivity contribution is 0.0702. The van der Waals surface area contributed by atoms with Crippen molar-refractivity contribution in [2.75, 3.05) is 0 Å². The number of carboxylic acid groups (broad SMARTS) is 1. The van der Waals surface area contributed by atoms with E-state index in [1.54, 1.807) is 6.07 Å². The zero-order valence-corrected chi connectivity index (χ0v) is 9.78. The molecular formula is C10H7BrO2S. The van der Waals surface area contributed by atoms with Crippen molar-refractivity contribution in [1.29, 1.82) is 0 Å². The van der Waals surface area contributed by atoms with Crippen LogP contribution in [0, 0.1) is 6.92 Å². The average molecular weight is 271 g/mol. The normalized spacial score (nSPS) is 10.7. The Bertz CT molecular complexity index is 477. The van der Waals surface area contributed by atoms with E-state index < -0.39 is 5.97 Å². The molecule has 4 heteroatoms. The maximum Gasteiger partial charge on any atom is 0.345 e. The molecule has 0 aliphatic rings. The molecule has 0 atom stereocenters. The largest absolute Gasteiger partial charge is 0.477 e. The molecule has 0 amide bonds. The summed E-state index contributed by atoms with van der Waals surface area (Å²) in [6.45, 7) is 1.98. The lowest BCUT2D eigenvalue weighted by Gasteiger charge is -1.96. The molecule has 14 heavy (non-hydrogen) atoms. The second-order valence-electron chi connectivity index (χ2n) is 3.02. The Hall–Kier alpha value is -0.870. The topological polar surface area (TPSA) is 37.3 Å². The van der Waals surface area contributed by atoms with Crippen molar-refractivity contribution in [2.45, 2.75) is 6.92 Å². The Morgan fingerprint density at radius 3 is 2.79 bits per heavy atom. The Labute approximate surface area is 93.3 Å². The SMILES string of the molecule is Cc1ccc(Br)c2cc(C(=O)O)sc12. The summed E-state index contributed by atoms with van der Waals surface area (Å²) >= 11 is 4.72. The van der Waals surface area contributed by atoms with Crippen LogP contribution in [0.5, 0.6) is 0 Å². The van der Waals surface area contributed by atoms with Gasteiger partial charge < -0.3 is 5.11 Å². The molecule has 0 spiro atoms. The molecule has 2 rings (SSSR count). The van der Waals surface area contributed by atoms with Crippen molar-refractivity contribution in [3.8, 4) is 0 Å². The third-order valence-corrected chi connectivity index (χ3v) is 3.99. The molecule has 1 heterocycles. The highest BCUT2D eigenvalue weighted by Gasteiger charge is 2.11. The minimum absolute atomic E-state index is 0.384. The maximum absolute atomic E-state index is 10.8. The maximum atomic E-state index is 10.8. The monoisotopic (exact) mass is 270 g/mol. The first-order valence-electron chi connectivity index (χ1n) is 4.01. The van der Waals surface area contributed by atoms with Gasteiger partial charge in [-0.1, -0.05) is 22.0 Å². The van der Waals surface area contributed by atoms with Crippen LogP contribution in [0.4, 0.5) is 0 Å². The number of hydrogen-bond donors (Lipinski definition) is 1. The Balaban J connectivity index is 2.82. The zero-order valence-electron chi connectivity index (χ0n) is 7.37.